The number of anilines is 1. The van der Waals surface area contributed by atoms with Crippen LogP contribution in [0.3, 0.4) is 0 Å². The van der Waals surface area contributed by atoms with E-state index in [1.165, 1.54) is 11.3 Å². The van der Waals surface area contributed by atoms with E-state index in [4.69, 9.17) is 10.5 Å². The summed E-state index contributed by atoms with van der Waals surface area (Å²) in [5.41, 5.74) is 7.72. The van der Waals surface area contributed by atoms with Crippen LogP contribution in [0.25, 0.3) is 16.3 Å². The predicted molar refractivity (Wildman–Crippen MR) is 114 cm³/mol. The summed E-state index contributed by atoms with van der Waals surface area (Å²) in [5.74, 6) is -0.391. The van der Waals surface area contributed by atoms with Crippen LogP contribution in [-0.4, -0.2) is 33.2 Å². The minimum Gasteiger partial charge on any atom is -0.484 e. The van der Waals surface area contributed by atoms with E-state index in [0.717, 1.165) is 11.3 Å². The molecule has 30 heavy (non-hydrogen) atoms. The first kappa shape index (κ1) is 19.3. The molecule has 0 fully saturated rings. The SMILES string of the molecule is NC(=O)COc1ccc(NC(=O)c2csc(-c3cnn(-c4ccccc4)c3)n2)cc1. The fourth-order valence-electron chi connectivity index (χ4n) is 2.65. The Morgan fingerprint density at radius 1 is 1.10 bits per heavy atom. The highest BCUT2D eigenvalue weighted by atomic mass is 32.1. The number of aromatic nitrogens is 3. The van der Waals surface area contributed by atoms with Crippen molar-refractivity contribution in [2.75, 3.05) is 11.9 Å². The van der Waals surface area contributed by atoms with Gasteiger partial charge in [-0.05, 0) is 36.4 Å². The van der Waals surface area contributed by atoms with Gasteiger partial charge >= 0.3 is 0 Å². The number of thiazole rings is 1. The van der Waals surface area contributed by atoms with Crippen LogP contribution in [-0.2, 0) is 4.79 Å². The normalized spacial score (nSPS) is 10.5. The molecule has 2 aromatic heterocycles. The molecule has 0 aliphatic carbocycles. The lowest BCUT2D eigenvalue weighted by molar-refractivity contribution is -0.119. The second-order valence-electron chi connectivity index (χ2n) is 6.28. The maximum Gasteiger partial charge on any atom is 0.275 e. The molecule has 0 aliphatic rings. The molecule has 0 bridgehead atoms. The largest absolute Gasteiger partial charge is 0.484 e. The molecule has 0 saturated carbocycles. The number of nitrogens with two attached hydrogens (primary N) is 1. The Kier molecular flexibility index (Phi) is 5.53. The zero-order valence-corrected chi connectivity index (χ0v) is 16.5. The van der Waals surface area contributed by atoms with Gasteiger partial charge in [0.05, 0.1) is 11.9 Å². The molecule has 0 atom stereocenters. The van der Waals surface area contributed by atoms with Crippen LogP contribution < -0.4 is 15.8 Å². The Hall–Kier alpha value is -3.98. The maximum absolute atomic E-state index is 12.5. The molecule has 2 aromatic carbocycles. The van der Waals surface area contributed by atoms with Crippen molar-refractivity contribution in [2.45, 2.75) is 0 Å². The van der Waals surface area contributed by atoms with Gasteiger partial charge in [0.25, 0.3) is 11.8 Å². The number of carbonyl (C=O) groups excluding carboxylic acids is 2. The highest BCUT2D eigenvalue weighted by molar-refractivity contribution is 7.13. The quantitative estimate of drug-likeness (QED) is 0.478. The molecule has 150 valence electrons. The van der Waals surface area contributed by atoms with Gasteiger partial charge in [0.2, 0.25) is 0 Å². The summed E-state index contributed by atoms with van der Waals surface area (Å²) in [6.07, 6.45) is 3.60. The number of rotatable bonds is 7. The fraction of sp³-hybridized carbons (Fsp3) is 0.0476. The third-order valence-corrected chi connectivity index (χ3v) is 4.97. The zero-order chi connectivity index (χ0) is 20.9. The number of ether oxygens (including phenoxy) is 1. The lowest BCUT2D eigenvalue weighted by atomic mass is 10.3. The van der Waals surface area contributed by atoms with Gasteiger partial charge in [0.15, 0.2) is 6.61 Å². The third kappa shape index (κ3) is 4.53. The lowest BCUT2D eigenvalue weighted by Gasteiger charge is -2.06. The number of hydrogen-bond donors (Lipinski definition) is 2. The smallest absolute Gasteiger partial charge is 0.275 e. The van der Waals surface area contributed by atoms with Crippen LogP contribution in [0.4, 0.5) is 5.69 Å². The van der Waals surface area contributed by atoms with E-state index in [0.29, 0.717) is 22.1 Å². The van der Waals surface area contributed by atoms with Crippen LogP contribution in [0.15, 0.2) is 72.4 Å². The van der Waals surface area contributed by atoms with Crippen molar-refractivity contribution in [3.8, 4) is 22.0 Å². The van der Waals surface area contributed by atoms with Crippen molar-refractivity contribution < 1.29 is 14.3 Å². The number of amides is 2. The van der Waals surface area contributed by atoms with Gasteiger partial charge < -0.3 is 15.8 Å². The Morgan fingerprint density at radius 3 is 2.60 bits per heavy atom. The summed E-state index contributed by atoms with van der Waals surface area (Å²) in [5, 5.41) is 9.55. The summed E-state index contributed by atoms with van der Waals surface area (Å²) in [7, 11) is 0. The predicted octanol–water partition coefficient (Wildman–Crippen LogP) is 3.11. The van der Waals surface area contributed by atoms with E-state index in [2.05, 4.69) is 15.4 Å². The molecule has 3 N–H and O–H groups in total. The van der Waals surface area contributed by atoms with Gasteiger partial charge in [0, 0.05) is 22.8 Å². The van der Waals surface area contributed by atoms with Crippen molar-refractivity contribution in [2.24, 2.45) is 5.73 Å². The molecule has 4 aromatic rings. The number of nitrogens with zero attached hydrogens (tertiary/aromatic N) is 3. The van der Waals surface area contributed by atoms with E-state index in [1.54, 1.807) is 40.5 Å². The van der Waals surface area contributed by atoms with Gasteiger partial charge in [0.1, 0.15) is 16.5 Å². The van der Waals surface area contributed by atoms with E-state index in [9.17, 15) is 9.59 Å². The first-order valence-electron chi connectivity index (χ1n) is 8.97. The molecule has 0 spiro atoms. The third-order valence-electron chi connectivity index (χ3n) is 4.08. The summed E-state index contributed by atoms with van der Waals surface area (Å²) >= 11 is 1.37. The first-order chi connectivity index (χ1) is 14.6. The summed E-state index contributed by atoms with van der Waals surface area (Å²) in [6, 6.07) is 16.4. The average molecular weight is 419 g/mol. The van der Waals surface area contributed by atoms with Gasteiger partial charge in [-0.3, -0.25) is 9.59 Å². The molecule has 0 aliphatic heterocycles. The topological polar surface area (TPSA) is 112 Å². The Balaban J connectivity index is 1.42. The Bertz CT molecular complexity index is 1170. The van der Waals surface area contributed by atoms with Gasteiger partial charge in [-0.2, -0.15) is 5.10 Å². The van der Waals surface area contributed by atoms with Crippen LogP contribution in [0, 0.1) is 0 Å². The zero-order valence-electron chi connectivity index (χ0n) is 15.7. The second kappa shape index (κ2) is 8.58. The summed E-state index contributed by atoms with van der Waals surface area (Å²) < 4.78 is 6.95. The number of para-hydroxylation sites is 1. The number of primary amides is 1. The number of benzene rings is 2. The van der Waals surface area contributed by atoms with E-state index < -0.39 is 5.91 Å². The number of nitrogens with one attached hydrogen (secondary N) is 1. The molecule has 2 heterocycles. The molecule has 0 unspecified atom stereocenters. The number of hydrogen-bond acceptors (Lipinski definition) is 6. The minimum absolute atomic E-state index is 0.200. The Morgan fingerprint density at radius 2 is 1.87 bits per heavy atom. The van der Waals surface area contributed by atoms with Crippen molar-refractivity contribution in [1.82, 2.24) is 14.8 Å². The molecular formula is C21H17N5O3S. The van der Waals surface area contributed by atoms with Crippen molar-refractivity contribution in [1.29, 1.82) is 0 Å². The average Bonchev–Trinajstić information content (AvgIpc) is 3.44. The lowest BCUT2D eigenvalue weighted by Crippen LogP contribution is -2.20. The van der Waals surface area contributed by atoms with Crippen LogP contribution >= 0.6 is 11.3 Å². The van der Waals surface area contributed by atoms with Gasteiger partial charge in [-0.1, -0.05) is 18.2 Å². The highest BCUT2D eigenvalue weighted by Crippen LogP contribution is 2.25. The minimum atomic E-state index is -0.555. The highest BCUT2D eigenvalue weighted by Gasteiger charge is 2.14. The van der Waals surface area contributed by atoms with Crippen molar-refractivity contribution in [3.63, 3.8) is 0 Å². The standard InChI is InChI=1S/C21H17N5O3S/c22-19(27)12-29-17-8-6-15(7-9-17)24-20(28)18-13-30-21(25-18)14-10-23-26(11-14)16-4-2-1-3-5-16/h1-11,13H,12H2,(H2,22,27)(H,24,28). The first-order valence-corrected chi connectivity index (χ1v) is 9.85. The molecule has 0 saturated heterocycles. The van der Waals surface area contributed by atoms with E-state index >= 15 is 0 Å². The molecular weight excluding hydrogens is 402 g/mol. The maximum atomic E-state index is 12.5. The van der Waals surface area contributed by atoms with Gasteiger partial charge in [-0.15, -0.1) is 11.3 Å². The fourth-order valence-corrected chi connectivity index (χ4v) is 3.43. The molecule has 0 radical (unpaired) electrons. The van der Waals surface area contributed by atoms with Crippen LogP contribution in [0.5, 0.6) is 5.75 Å². The van der Waals surface area contributed by atoms with E-state index in [1.807, 2.05) is 36.5 Å². The summed E-state index contributed by atoms with van der Waals surface area (Å²) in [4.78, 5) is 27.7. The molecule has 9 heteroatoms. The number of carbonyl (C=O) groups is 2. The van der Waals surface area contributed by atoms with Crippen molar-refractivity contribution >= 4 is 28.8 Å². The monoisotopic (exact) mass is 419 g/mol. The van der Waals surface area contributed by atoms with Gasteiger partial charge in [-0.25, -0.2) is 9.67 Å². The van der Waals surface area contributed by atoms with Crippen LogP contribution in [0.1, 0.15) is 10.5 Å². The Labute approximate surface area is 175 Å². The molecule has 2 amide bonds. The summed E-state index contributed by atoms with van der Waals surface area (Å²) in [6.45, 7) is -0.200. The molecule has 4 rings (SSSR count). The van der Waals surface area contributed by atoms with Crippen molar-refractivity contribution in [3.05, 3.63) is 78.1 Å². The molecule has 8 nitrogen and oxygen atoms in total. The van der Waals surface area contributed by atoms with E-state index in [-0.39, 0.29) is 12.5 Å². The van der Waals surface area contributed by atoms with Crippen LogP contribution in [0.2, 0.25) is 0 Å². The second-order valence-corrected chi connectivity index (χ2v) is 7.14.